The van der Waals surface area contributed by atoms with Gasteiger partial charge in [-0.3, -0.25) is 4.79 Å². The number of hydrogen-bond donors (Lipinski definition) is 1. The standard InChI is InChI=1S/C22H28N2O3/c1-13-7-15(5-6-19(13)14-3-4-14)16-8-18(9-16)24(2)20(25)17-10-22(11-17)12-27-21(26)23-22/h5-7,14,16-18H,3-4,8-12H2,1-2H3,(H,23,26). The Morgan fingerprint density at radius 3 is 2.56 bits per heavy atom. The van der Waals surface area contributed by atoms with Crippen LogP contribution in [0.5, 0.6) is 0 Å². The predicted molar refractivity (Wildman–Crippen MR) is 102 cm³/mol. The number of nitrogens with zero attached hydrogens (tertiary/aromatic N) is 1. The first kappa shape index (κ1) is 17.1. The van der Waals surface area contributed by atoms with Crippen molar-refractivity contribution in [1.29, 1.82) is 0 Å². The van der Waals surface area contributed by atoms with Gasteiger partial charge in [-0.05, 0) is 74.0 Å². The minimum absolute atomic E-state index is 0.0242. The van der Waals surface area contributed by atoms with E-state index in [2.05, 4.69) is 30.4 Å². The first-order valence-electron chi connectivity index (χ1n) is 10.3. The van der Waals surface area contributed by atoms with Gasteiger partial charge in [0.25, 0.3) is 0 Å². The van der Waals surface area contributed by atoms with Gasteiger partial charge in [0.15, 0.2) is 0 Å². The van der Waals surface area contributed by atoms with Gasteiger partial charge in [0.05, 0.1) is 5.54 Å². The summed E-state index contributed by atoms with van der Waals surface area (Å²) in [5.74, 6) is 1.63. The fourth-order valence-electron chi connectivity index (χ4n) is 5.22. The quantitative estimate of drug-likeness (QED) is 0.885. The Labute approximate surface area is 160 Å². The molecule has 1 saturated heterocycles. The Bertz CT molecular complexity index is 789. The molecule has 1 aromatic rings. The van der Waals surface area contributed by atoms with Crippen LogP contribution in [0.4, 0.5) is 4.79 Å². The highest BCUT2D eigenvalue weighted by atomic mass is 16.6. The molecule has 4 aliphatic rings. The van der Waals surface area contributed by atoms with Crippen molar-refractivity contribution in [3.8, 4) is 0 Å². The number of carbonyl (C=O) groups is 2. The van der Waals surface area contributed by atoms with Crippen LogP contribution in [0.15, 0.2) is 18.2 Å². The van der Waals surface area contributed by atoms with E-state index in [1.54, 1.807) is 0 Å². The summed E-state index contributed by atoms with van der Waals surface area (Å²) < 4.78 is 5.00. The topological polar surface area (TPSA) is 58.6 Å². The Morgan fingerprint density at radius 2 is 1.96 bits per heavy atom. The summed E-state index contributed by atoms with van der Waals surface area (Å²) in [6.45, 7) is 2.64. The molecular formula is C22H28N2O3. The van der Waals surface area contributed by atoms with E-state index in [1.807, 2.05) is 11.9 Å². The maximum Gasteiger partial charge on any atom is 0.407 e. The number of nitrogens with one attached hydrogen (secondary N) is 1. The molecular weight excluding hydrogens is 340 g/mol. The molecule has 1 heterocycles. The largest absolute Gasteiger partial charge is 0.447 e. The average Bonchev–Trinajstić information content (AvgIpc) is 3.32. The lowest BCUT2D eigenvalue weighted by Gasteiger charge is -2.47. The fourth-order valence-corrected chi connectivity index (χ4v) is 5.22. The molecule has 27 heavy (non-hydrogen) atoms. The summed E-state index contributed by atoms with van der Waals surface area (Å²) in [6, 6.07) is 7.35. The molecule has 2 amide bonds. The lowest BCUT2D eigenvalue weighted by atomic mass is 9.67. The molecule has 1 aliphatic heterocycles. The molecule has 0 radical (unpaired) electrons. The van der Waals surface area contributed by atoms with E-state index in [-0.39, 0.29) is 23.5 Å². The second kappa shape index (κ2) is 5.98. The molecule has 3 aliphatic carbocycles. The van der Waals surface area contributed by atoms with E-state index in [0.29, 0.717) is 31.4 Å². The number of rotatable bonds is 4. The molecule has 1 N–H and O–H groups in total. The predicted octanol–water partition coefficient (Wildman–Crippen LogP) is 3.47. The molecule has 1 spiro atoms. The smallest absolute Gasteiger partial charge is 0.407 e. The highest BCUT2D eigenvalue weighted by molar-refractivity contribution is 5.81. The van der Waals surface area contributed by atoms with Crippen LogP contribution in [0.2, 0.25) is 0 Å². The molecule has 5 heteroatoms. The van der Waals surface area contributed by atoms with Crippen molar-refractivity contribution in [2.75, 3.05) is 13.7 Å². The van der Waals surface area contributed by atoms with Crippen molar-refractivity contribution in [2.24, 2.45) is 5.92 Å². The maximum atomic E-state index is 12.8. The molecule has 3 saturated carbocycles. The van der Waals surface area contributed by atoms with Gasteiger partial charge >= 0.3 is 6.09 Å². The molecule has 0 aromatic heterocycles. The third kappa shape index (κ3) is 2.91. The van der Waals surface area contributed by atoms with Gasteiger partial charge in [-0.2, -0.15) is 0 Å². The van der Waals surface area contributed by atoms with Crippen molar-refractivity contribution in [1.82, 2.24) is 10.2 Å². The van der Waals surface area contributed by atoms with E-state index in [9.17, 15) is 9.59 Å². The van der Waals surface area contributed by atoms with Crippen molar-refractivity contribution >= 4 is 12.0 Å². The van der Waals surface area contributed by atoms with E-state index in [1.165, 1.54) is 29.5 Å². The number of aryl methyl sites for hydroxylation is 1. The Morgan fingerprint density at radius 1 is 1.22 bits per heavy atom. The highest BCUT2D eigenvalue weighted by Gasteiger charge is 2.53. The van der Waals surface area contributed by atoms with E-state index in [0.717, 1.165) is 18.8 Å². The van der Waals surface area contributed by atoms with Gasteiger partial charge in [-0.15, -0.1) is 0 Å². The van der Waals surface area contributed by atoms with E-state index >= 15 is 0 Å². The fraction of sp³-hybridized carbons (Fsp3) is 0.636. The molecule has 0 bridgehead atoms. The second-order valence-electron chi connectivity index (χ2n) is 9.25. The van der Waals surface area contributed by atoms with Crippen molar-refractivity contribution < 1.29 is 14.3 Å². The average molecular weight is 368 g/mol. The van der Waals surface area contributed by atoms with Gasteiger partial charge < -0.3 is 15.0 Å². The number of cyclic esters (lactones) is 1. The SMILES string of the molecule is Cc1cc(C2CC(N(C)C(=O)C3CC4(COC(=O)N4)C3)C2)ccc1C1CC1. The Kier molecular flexibility index (Phi) is 3.78. The zero-order valence-electron chi connectivity index (χ0n) is 16.2. The molecule has 5 nitrogen and oxygen atoms in total. The van der Waals surface area contributed by atoms with Crippen molar-refractivity contribution in [3.63, 3.8) is 0 Å². The molecule has 0 atom stereocenters. The Balaban J connectivity index is 1.14. The normalized spacial score (nSPS) is 34.4. The lowest BCUT2D eigenvalue weighted by molar-refractivity contribution is -0.143. The number of carbonyl (C=O) groups excluding carboxylic acids is 2. The zero-order valence-corrected chi connectivity index (χ0v) is 16.2. The molecule has 5 rings (SSSR count). The number of hydrogen-bond acceptors (Lipinski definition) is 3. The van der Waals surface area contributed by atoms with E-state index in [4.69, 9.17) is 4.74 Å². The van der Waals surface area contributed by atoms with Crippen molar-refractivity contribution in [2.45, 2.75) is 68.9 Å². The number of benzene rings is 1. The highest BCUT2D eigenvalue weighted by Crippen LogP contribution is 2.46. The summed E-state index contributed by atoms with van der Waals surface area (Å²) in [5.41, 5.74) is 4.12. The van der Waals surface area contributed by atoms with Gasteiger partial charge in [0.1, 0.15) is 6.61 Å². The van der Waals surface area contributed by atoms with Crippen LogP contribution in [0.3, 0.4) is 0 Å². The number of alkyl carbamates (subject to hydrolysis) is 1. The summed E-state index contributed by atoms with van der Waals surface area (Å²) >= 11 is 0. The van der Waals surface area contributed by atoms with Gasteiger partial charge in [-0.1, -0.05) is 18.2 Å². The third-order valence-corrected chi connectivity index (χ3v) is 7.26. The Hall–Kier alpha value is -2.04. The summed E-state index contributed by atoms with van der Waals surface area (Å²) in [4.78, 5) is 26.0. The van der Waals surface area contributed by atoms with E-state index < -0.39 is 0 Å². The van der Waals surface area contributed by atoms with Crippen LogP contribution < -0.4 is 5.32 Å². The van der Waals surface area contributed by atoms with Crippen LogP contribution in [0.1, 0.15) is 67.1 Å². The molecule has 4 fully saturated rings. The minimum Gasteiger partial charge on any atom is -0.447 e. The van der Waals surface area contributed by atoms with Crippen LogP contribution in [0.25, 0.3) is 0 Å². The van der Waals surface area contributed by atoms with Crippen molar-refractivity contribution in [3.05, 3.63) is 34.9 Å². The summed E-state index contributed by atoms with van der Waals surface area (Å²) in [6.07, 6.45) is 5.87. The summed E-state index contributed by atoms with van der Waals surface area (Å²) in [7, 11) is 1.94. The minimum atomic E-state index is -0.348. The number of ether oxygens (including phenoxy) is 1. The van der Waals surface area contributed by atoms with Crippen LogP contribution in [-0.4, -0.2) is 42.1 Å². The monoisotopic (exact) mass is 368 g/mol. The molecule has 1 aromatic carbocycles. The zero-order chi connectivity index (χ0) is 18.8. The molecule has 144 valence electrons. The number of amides is 2. The van der Waals surface area contributed by atoms with Crippen LogP contribution in [-0.2, 0) is 9.53 Å². The van der Waals surface area contributed by atoms with Crippen LogP contribution >= 0.6 is 0 Å². The third-order valence-electron chi connectivity index (χ3n) is 7.26. The van der Waals surface area contributed by atoms with Crippen LogP contribution in [0, 0.1) is 12.8 Å². The first-order chi connectivity index (χ1) is 12.9. The van der Waals surface area contributed by atoms with Gasteiger partial charge in [0, 0.05) is 19.0 Å². The van der Waals surface area contributed by atoms with Gasteiger partial charge in [-0.25, -0.2) is 4.79 Å². The molecule has 0 unspecified atom stereocenters. The van der Waals surface area contributed by atoms with Gasteiger partial charge in [0.2, 0.25) is 5.91 Å². The lowest BCUT2D eigenvalue weighted by Crippen LogP contribution is -2.59. The summed E-state index contributed by atoms with van der Waals surface area (Å²) in [5, 5.41) is 2.87. The second-order valence-corrected chi connectivity index (χ2v) is 9.25. The first-order valence-corrected chi connectivity index (χ1v) is 10.3. The maximum absolute atomic E-state index is 12.8.